The Morgan fingerprint density at radius 3 is 2.50 bits per heavy atom. The van der Waals surface area contributed by atoms with Gasteiger partial charge in [-0.05, 0) is 43.5 Å². The highest BCUT2D eigenvalue weighted by atomic mass is 35.5. The Kier molecular flexibility index (Phi) is 7.75. The molecule has 1 aromatic carbocycles. The van der Waals surface area contributed by atoms with Gasteiger partial charge in [-0.15, -0.1) is 0 Å². The first-order chi connectivity index (χ1) is 13.0. The van der Waals surface area contributed by atoms with E-state index in [1.165, 1.54) is 28.6 Å². The van der Waals surface area contributed by atoms with E-state index in [9.17, 15) is 26.4 Å². The van der Waals surface area contributed by atoms with Crippen molar-refractivity contribution in [1.82, 2.24) is 9.21 Å². The van der Waals surface area contributed by atoms with Crippen LogP contribution in [0.4, 0.5) is 13.2 Å². The number of halogens is 4. The molecule has 5 nitrogen and oxygen atoms in total. The Morgan fingerprint density at radius 2 is 1.93 bits per heavy atom. The van der Waals surface area contributed by atoms with Crippen molar-refractivity contribution in [2.45, 2.75) is 43.7 Å². The van der Waals surface area contributed by atoms with Crippen LogP contribution < -0.4 is 0 Å². The van der Waals surface area contributed by atoms with E-state index >= 15 is 0 Å². The first kappa shape index (κ1) is 23.0. The van der Waals surface area contributed by atoms with Crippen LogP contribution in [0.1, 0.15) is 32.6 Å². The molecule has 0 radical (unpaired) electrons. The van der Waals surface area contributed by atoms with Crippen molar-refractivity contribution in [2.24, 2.45) is 5.92 Å². The van der Waals surface area contributed by atoms with Crippen molar-refractivity contribution in [3.63, 3.8) is 0 Å². The van der Waals surface area contributed by atoms with E-state index in [0.717, 1.165) is 4.90 Å². The van der Waals surface area contributed by atoms with Crippen molar-refractivity contribution in [3.8, 4) is 0 Å². The number of benzene rings is 1. The van der Waals surface area contributed by atoms with Gasteiger partial charge in [-0.25, -0.2) is 8.42 Å². The average molecular weight is 441 g/mol. The molecule has 0 aliphatic carbocycles. The summed E-state index contributed by atoms with van der Waals surface area (Å²) in [5, 5.41) is 0.393. The lowest BCUT2D eigenvalue weighted by Crippen LogP contribution is -2.49. The quantitative estimate of drug-likeness (QED) is 0.645. The molecule has 1 atom stereocenters. The maximum absolute atomic E-state index is 12.9. The van der Waals surface area contributed by atoms with Gasteiger partial charge >= 0.3 is 6.18 Å². The molecule has 1 aliphatic heterocycles. The zero-order chi connectivity index (χ0) is 20.9. The molecule has 1 amide bonds. The molecule has 10 heteroatoms. The Balaban J connectivity index is 2.15. The fourth-order valence-electron chi connectivity index (χ4n) is 3.21. The Bertz CT molecular complexity index is 769. The lowest BCUT2D eigenvalue weighted by Gasteiger charge is -2.34. The number of rotatable bonds is 7. The molecule has 1 aliphatic rings. The van der Waals surface area contributed by atoms with Gasteiger partial charge in [0.05, 0.1) is 10.8 Å². The summed E-state index contributed by atoms with van der Waals surface area (Å²) in [4.78, 5) is 13.6. The number of sulfonamides is 1. The van der Waals surface area contributed by atoms with Crippen molar-refractivity contribution in [3.05, 3.63) is 29.3 Å². The van der Waals surface area contributed by atoms with E-state index in [2.05, 4.69) is 0 Å². The largest absolute Gasteiger partial charge is 0.406 e. The van der Waals surface area contributed by atoms with E-state index in [1.807, 2.05) is 6.92 Å². The number of nitrogens with zero attached hydrogens (tertiary/aromatic N) is 2. The van der Waals surface area contributed by atoms with E-state index in [0.29, 0.717) is 30.7 Å². The SMILES string of the molecule is CCCCN(CC(F)(F)F)C(=O)C1CCCN(S(=O)(=O)c2ccc(Cl)cc2)C1. The zero-order valence-corrected chi connectivity index (χ0v) is 17.2. The van der Waals surface area contributed by atoms with Gasteiger partial charge in [-0.3, -0.25) is 4.79 Å². The van der Waals surface area contributed by atoms with Crippen LogP contribution in [0, 0.1) is 5.92 Å². The molecule has 2 rings (SSSR count). The molecule has 1 aromatic rings. The van der Waals surface area contributed by atoms with Gasteiger partial charge in [0, 0.05) is 24.7 Å². The monoisotopic (exact) mass is 440 g/mol. The van der Waals surface area contributed by atoms with Gasteiger partial charge in [0.1, 0.15) is 6.54 Å². The summed E-state index contributed by atoms with van der Waals surface area (Å²) in [5.74, 6) is -1.42. The zero-order valence-electron chi connectivity index (χ0n) is 15.6. The highest BCUT2D eigenvalue weighted by molar-refractivity contribution is 7.89. The minimum atomic E-state index is -4.49. The van der Waals surface area contributed by atoms with Gasteiger partial charge in [0.2, 0.25) is 15.9 Å². The summed E-state index contributed by atoms with van der Waals surface area (Å²) in [6.07, 6.45) is -2.60. The van der Waals surface area contributed by atoms with Crippen LogP contribution in [0.3, 0.4) is 0 Å². The third kappa shape index (κ3) is 6.09. The maximum Gasteiger partial charge on any atom is 0.406 e. The van der Waals surface area contributed by atoms with Gasteiger partial charge in [-0.2, -0.15) is 17.5 Å². The van der Waals surface area contributed by atoms with E-state index in [1.54, 1.807) is 0 Å². The lowest BCUT2D eigenvalue weighted by atomic mass is 9.98. The number of amides is 1. The van der Waals surface area contributed by atoms with Gasteiger partial charge in [0.25, 0.3) is 0 Å². The van der Waals surface area contributed by atoms with E-state index in [4.69, 9.17) is 11.6 Å². The van der Waals surface area contributed by atoms with Crippen molar-refractivity contribution >= 4 is 27.5 Å². The van der Waals surface area contributed by atoms with Crippen LogP contribution in [-0.4, -0.2) is 55.9 Å². The summed E-state index contributed by atoms with van der Waals surface area (Å²) >= 11 is 5.79. The number of hydrogen-bond acceptors (Lipinski definition) is 3. The second kappa shape index (κ2) is 9.45. The Morgan fingerprint density at radius 1 is 1.29 bits per heavy atom. The van der Waals surface area contributed by atoms with Crippen LogP contribution in [0.25, 0.3) is 0 Å². The fraction of sp³-hybridized carbons (Fsp3) is 0.611. The summed E-state index contributed by atoms with van der Waals surface area (Å²) in [6, 6.07) is 5.66. The lowest BCUT2D eigenvalue weighted by molar-refractivity contribution is -0.164. The molecule has 0 N–H and O–H groups in total. The fourth-order valence-corrected chi connectivity index (χ4v) is 4.86. The molecule has 0 spiro atoms. The second-order valence-corrected chi connectivity index (χ2v) is 9.26. The second-order valence-electron chi connectivity index (χ2n) is 6.88. The smallest absolute Gasteiger partial charge is 0.333 e. The molecule has 1 saturated heterocycles. The molecular weight excluding hydrogens is 417 g/mol. The Labute approximate surface area is 168 Å². The molecule has 1 fully saturated rings. The maximum atomic E-state index is 12.9. The predicted octanol–water partition coefficient (Wildman–Crippen LogP) is 3.93. The van der Waals surface area contributed by atoms with Gasteiger partial charge in [0.15, 0.2) is 0 Å². The highest BCUT2D eigenvalue weighted by Gasteiger charge is 2.38. The molecular formula is C18H24ClF3N2O3S. The summed E-state index contributed by atoms with van der Waals surface area (Å²) in [5.41, 5.74) is 0. The van der Waals surface area contributed by atoms with Crippen molar-refractivity contribution < 1.29 is 26.4 Å². The van der Waals surface area contributed by atoms with Crippen molar-refractivity contribution in [1.29, 1.82) is 0 Å². The van der Waals surface area contributed by atoms with Crippen LogP contribution in [0.15, 0.2) is 29.2 Å². The number of carbonyl (C=O) groups excluding carboxylic acids is 1. The number of carbonyl (C=O) groups is 1. The first-order valence-electron chi connectivity index (χ1n) is 9.16. The van der Waals surface area contributed by atoms with Crippen LogP contribution in [-0.2, 0) is 14.8 Å². The van der Waals surface area contributed by atoms with Crippen molar-refractivity contribution in [2.75, 3.05) is 26.2 Å². The van der Waals surface area contributed by atoms with E-state index in [-0.39, 0.29) is 24.5 Å². The van der Waals surface area contributed by atoms with Crippen LogP contribution >= 0.6 is 11.6 Å². The summed E-state index contributed by atoms with van der Waals surface area (Å²) < 4.78 is 65.4. The highest BCUT2D eigenvalue weighted by Crippen LogP contribution is 2.27. The topological polar surface area (TPSA) is 57.7 Å². The number of piperidine rings is 1. The minimum Gasteiger partial charge on any atom is -0.333 e. The first-order valence-corrected chi connectivity index (χ1v) is 11.0. The summed E-state index contributed by atoms with van der Waals surface area (Å²) in [6.45, 7) is 0.631. The molecule has 0 bridgehead atoms. The number of unbranched alkanes of at least 4 members (excludes halogenated alkanes) is 1. The summed E-state index contributed by atoms with van der Waals surface area (Å²) in [7, 11) is -3.84. The average Bonchev–Trinajstić information content (AvgIpc) is 2.64. The Hall–Kier alpha value is -1.32. The predicted molar refractivity (Wildman–Crippen MR) is 100 cm³/mol. The molecule has 28 heavy (non-hydrogen) atoms. The van der Waals surface area contributed by atoms with Crippen LogP contribution in [0.5, 0.6) is 0 Å². The molecule has 0 aromatic heterocycles. The van der Waals surface area contributed by atoms with Crippen LogP contribution in [0.2, 0.25) is 5.02 Å². The molecule has 1 heterocycles. The molecule has 158 valence electrons. The minimum absolute atomic E-state index is 0.00920. The molecule has 0 saturated carbocycles. The molecule has 1 unspecified atom stereocenters. The van der Waals surface area contributed by atoms with Gasteiger partial charge in [-0.1, -0.05) is 24.9 Å². The number of hydrogen-bond donors (Lipinski definition) is 0. The number of alkyl halides is 3. The van der Waals surface area contributed by atoms with Gasteiger partial charge < -0.3 is 4.90 Å². The standard InChI is InChI=1S/C18H24ClF3N2O3S/c1-2-3-10-23(13-18(20,21)22)17(25)14-5-4-11-24(12-14)28(26,27)16-8-6-15(19)7-9-16/h6-9,14H,2-5,10-13H2,1H3. The van der Waals surface area contributed by atoms with E-state index < -0.39 is 34.6 Å². The third-order valence-corrected chi connectivity index (χ3v) is 6.78. The normalized spacial score (nSPS) is 18.8. The third-order valence-electron chi connectivity index (χ3n) is 4.65.